The Hall–Kier alpha value is -1.13. The number of guanidine groups is 1. The molecule has 0 aromatic carbocycles. The maximum absolute atomic E-state index is 5.96. The van der Waals surface area contributed by atoms with Gasteiger partial charge in [-0.1, -0.05) is 6.07 Å². The predicted octanol–water partition coefficient (Wildman–Crippen LogP) is 3.47. The Kier molecular flexibility index (Phi) is 11.8. The Balaban J connectivity index is 0.00000320. The molecule has 30 heavy (non-hydrogen) atoms. The molecule has 3 rings (SSSR count). The molecule has 0 atom stereocenters. The molecule has 0 amide bonds. The number of halogens is 1. The van der Waals surface area contributed by atoms with E-state index in [0.29, 0.717) is 18.5 Å². The topological polar surface area (TPSA) is 68.2 Å². The lowest BCUT2D eigenvalue weighted by Gasteiger charge is -2.34. The van der Waals surface area contributed by atoms with E-state index in [-0.39, 0.29) is 24.0 Å². The molecule has 0 bridgehead atoms. The summed E-state index contributed by atoms with van der Waals surface area (Å²) in [4.78, 5) is 11.6. The standard InChI is InChI=1S/C22H36N4O3.HI/c1-3-23-22(26-11-9-20(10-12-26)28-14-4-13-27-2)25-16-19-7-8-21(24-15-19)29-17-18-5-6-18;/h7-8,15,18,20H,3-6,9-14,16-17H2,1-2H3,(H,23,25);1H. The van der Waals surface area contributed by atoms with E-state index in [4.69, 9.17) is 19.2 Å². The molecule has 0 radical (unpaired) electrons. The first kappa shape index (κ1) is 25.1. The first-order valence-electron chi connectivity index (χ1n) is 11.0. The first-order valence-corrected chi connectivity index (χ1v) is 11.0. The molecule has 1 saturated carbocycles. The summed E-state index contributed by atoms with van der Waals surface area (Å²) in [6.07, 6.45) is 7.82. The van der Waals surface area contributed by atoms with Crippen molar-refractivity contribution >= 4 is 29.9 Å². The van der Waals surface area contributed by atoms with E-state index in [1.165, 1.54) is 12.8 Å². The molecule has 1 saturated heterocycles. The van der Waals surface area contributed by atoms with Crippen LogP contribution in [-0.4, -0.2) is 68.5 Å². The Labute approximate surface area is 198 Å². The highest BCUT2D eigenvalue weighted by atomic mass is 127. The summed E-state index contributed by atoms with van der Waals surface area (Å²) in [5.41, 5.74) is 1.09. The van der Waals surface area contributed by atoms with Crippen molar-refractivity contribution in [3.63, 3.8) is 0 Å². The van der Waals surface area contributed by atoms with Gasteiger partial charge < -0.3 is 24.4 Å². The number of likely N-dealkylation sites (tertiary alicyclic amines) is 1. The average molecular weight is 532 g/mol. The minimum absolute atomic E-state index is 0. The molecule has 170 valence electrons. The minimum atomic E-state index is 0. The summed E-state index contributed by atoms with van der Waals surface area (Å²) in [5.74, 6) is 2.42. The SMILES string of the molecule is CCNC(=NCc1ccc(OCC2CC2)nc1)N1CCC(OCCCOC)CC1.I. The largest absolute Gasteiger partial charge is 0.477 e. The molecule has 1 aliphatic heterocycles. The second-order valence-electron chi connectivity index (χ2n) is 7.83. The smallest absolute Gasteiger partial charge is 0.213 e. The zero-order valence-corrected chi connectivity index (χ0v) is 20.7. The predicted molar refractivity (Wildman–Crippen MR) is 130 cm³/mol. The lowest BCUT2D eigenvalue weighted by Crippen LogP contribution is -2.47. The highest BCUT2D eigenvalue weighted by Gasteiger charge is 2.22. The molecule has 1 aromatic heterocycles. The molecule has 8 heteroatoms. The van der Waals surface area contributed by atoms with Crippen molar-refractivity contribution in [2.24, 2.45) is 10.9 Å². The van der Waals surface area contributed by atoms with Gasteiger partial charge in [0, 0.05) is 52.2 Å². The van der Waals surface area contributed by atoms with E-state index in [1.807, 2.05) is 12.3 Å². The molecule has 2 heterocycles. The van der Waals surface area contributed by atoms with Crippen molar-refractivity contribution in [2.75, 3.05) is 46.6 Å². The number of nitrogens with one attached hydrogen (secondary N) is 1. The van der Waals surface area contributed by atoms with Gasteiger partial charge in [0.05, 0.1) is 19.3 Å². The number of hydrogen-bond acceptors (Lipinski definition) is 5. The number of nitrogens with zero attached hydrogens (tertiary/aromatic N) is 3. The third-order valence-corrected chi connectivity index (χ3v) is 5.30. The van der Waals surface area contributed by atoms with E-state index < -0.39 is 0 Å². The molecule has 2 fully saturated rings. The van der Waals surface area contributed by atoms with Crippen LogP contribution in [0.25, 0.3) is 0 Å². The van der Waals surface area contributed by atoms with Gasteiger partial charge in [-0.25, -0.2) is 9.98 Å². The second kappa shape index (κ2) is 14.0. The summed E-state index contributed by atoms with van der Waals surface area (Å²) in [6, 6.07) is 4.01. The van der Waals surface area contributed by atoms with Crippen molar-refractivity contribution in [1.29, 1.82) is 0 Å². The fourth-order valence-electron chi connectivity index (χ4n) is 3.36. The monoisotopic (exact) mass is 532 g/mol. The maximum atomic E-state index is 5.96. The van der Waals surface area contributed by atoms with Crippen molar-refractivity contribution < 1.29 is 14.2 Å². The second-order valence-corrected chi connectivity index (χ2v) is 7.83. The molecule has 1 aliphatic carbocycles. The van der Waals surface area contributed by atoms with Crippen LogP contribution < -0.4 is 10.1 Å². The van der Waals surface area contributed by atoms with Crippen LogP contribution in [0.4, 0.5) is 0 Å². The van der Waals surface area contributed by atoms with Crippen molar-refractivity contribution in [2.45, 2.75) is 51.7 Å². The van der Waals surface area contributed by atoms with Gasteiger partial charge in [0.1, 0.15) is 0 Å². The van der Waals surface area contributed by atoms with Crippen LogP contribution in [0.3, 0.4) is 0 Å². The van der Waals surface area contributed by atoms with E-state index in [1.54, 1.807) is 7.11 Å². The van der Waals surface area contributed by atoms with Crippen LogP contribution in [-0.2, 0) is 16.0 Å². The summed E-state index contributed by atoms with van der Waals surface area (Å²) in [6.45, 7) is 7.85. The fourth-order valence-corrected chi connectivity index (χ4v) is 3.36. The summed E-state index contributed by atoms with van der Waals surface area (Å²) in [5, 5.41) is 3.42. The Bertz CT molecular complexity index is 617. The zero-order chi connectivity index (χ0) is 20.3. The average Bonchev–Trinajstić information content (AvgIpc) is 3.59. The molecular weight excluding hydrogens is 495 g/mol. The van der Waals surface area contributed by atoms with Crippen molar-refractivity contribution in [3.05, 3.63) is 23.9 Å². The van der Waals surface area contributed by atoms with Gasteiger partial charge in [-0.2, -0.15) is 0 Å². The molecular formula is C22H37IN4O3. The number of aromatic nitrogens is 1. The Morgan fingerprint density at radius 3 is 2.63 bits per heavy atom. The minimum Gasteiger partial charge on any atom is -0.477 e. The van der Waals surface area contributed by atoms with Gasteiger partial charge in [0.25, 0.3) is 0 Å². The van der Waals surface area contributed by atoms with E-state index in [0.717, 1.165) is 76.2 Å². The molecule has 7 nitrogen and oxygen atoms in total. The van der Waals surface area contributed by atoms with E-state index >= 15 is 0 Å². The Morgan fingerprint density at radius 1 is 1.20 bits per heavy atom. The third-order valence-electron chi connectivity index (χ3n) is 5.30. The lowest BCUT2D eigenvalue weighted by atomic mass is 10.1. The van der Waals surface area contributed by atoms with Gasteiger partial charge in [-0.3, -0.25) is 0 Å². The fraction of sp³-hybridized carbons (Fsp3) is 0.727. The number of hydrogen-bond donors (Lipinski definition) is 1. The van der Waals surface area contributed by atoms with Gasteiger partial charge >= 0.3 is 0 Å². The number of ether oxygens (including phenoxy) is 3. The third kappa shape index (κ3) is 8.93. The maximum Gasteiger partial charge on any atom is 0.213 e. The molecule has 0 unspecified atom stereocenters. The summed E-state index contributed by atoms with van der Waals surface area (Å²) >= 11 is 0. The van der Waals surface area contributed by atoms with Gasteiger partial charge in [-0.15, -0.1) is 24.0 Å². The van der Waals surface area contributed by atoms with E-state index in [9.17, 15) is 0 Å². The Morgan fingerprint density at radius 2 is 2.00 bits per heavy atom. The van der Waals surface area contributed by atoms with Crippen molar-refractivity contribution in [1.82, 2.24) is 15.2 Å². The van der Waals surface area contributed by atoms with E-state index in [2.05, 4.69) is 28.2 Å². The van der Waals surface area contributed by atoms with Crippen LogP contribution >= 0.6 is 24.0 Å². The molecule has 2 aliphatic rings. The summed E-state index contributed by atoms with van der Waals surface area (Å²) < 4.78 is 16.8. The zero-order valence-electron chi connectivity index (χ0n) is 18.3. The quantitative estimate of drug-likeness (QED) is 0.204. The van der Waals surface area contributed by atoms with Crippen LogP contribution in [0, 0.1) is 5.92 Å². The molecule has 1 N–H and O–H groups in total. The van der Waals surface area contributed by atoms with Gasteiger partial charge in [0.15, 0.2) is 5.96 Å². The highest BCUT2D eigenvalue weighted by Crippen LogP contribution is 2.29. The number of piperidine rings is 1. The number of aliphatic imine (C=N–C) groups is 1. The number of methoxy groups -OCH3 is 1. The number of rotatable bonds is 11. The van der Waals surface area contributed by atoms with Crippen molar-refractivity contribution in [3.8, 4) is 5.88 Å². The molecule has 1 aromatic rings. The lowest BCUT2D eigenvalue weighted by molar-refractivity contribution is 0.00990. The van der Waals surface area contributed by atoms with Crippen LogP contribution in [0.5, 0.6) is 5.88 Å². The normalized spacial score (nSPS) is 17.5. The summed E-state index contributed by atoms with van der Waals surface area (Å²) in [7, 11) is 1.73. The van der Waals surface area contributed by atoms with Gasteiger partial charge in [0.2, 0.25) is 5.88 Å². The van der Waals surface area contributed by atoms with Crippen LogP contribution in [0.15, 0.2) is 23.3 Å². The van der Waals surface area contributed by atoms with Crippen LogP contribution in [0.2, 0.25) is 0 Å². The van der Waals surface area contributed by atoms with Crippen LogP contribution in [0.1, 0.15) is 44.6 Å². The first-order chi connectivity index (χ1) is 14.3. The molecule has 0 spiro atoms. The number of pyridine rings is 1. The highest BCUT2D eigenvalue weighted by molar-refractivity contribution is 14.0. The van der Waals surface area contributed by atoms with Gasteiger partial charge in [-0.05, 0) is 50.5 Å².